The summed E-state index contributed by atoms with van der Waals surface area (Å²) < 4.78 is 5.32. The molecular weight excluding hydrogens is 562 g/mol. The molecule has 238 valence electrons. The van der Waals surface area contributed by atoms with Crippen molar-refractivity contribution in [2.24, 2.45) is 5.92 Å². The maximum atomic E-state index is 13.7. The molecule has 2 aromatic carbocycles. The number of amides is 3. The standard InChI is InChI=1S/C33H45N5O6/c1-6-21(4)44-31(41)17-30(40)27(14-20(2)3)37-33(43)29(16-25-18-34-19-35-25)38-32(42)28(36-22(5)39)15-24-12-9-11-23-10-7-8-13-26(23)24/h7-13,18-21,27-30,40H,6,14-17H2,1-5H3,(H,34,35)(H,36,39)(H,37,43)(H,38,42)/t21?,27-,28-,29+,30-/m0/s1. The molecule has 0 aliphatic carbocycles. The SMILES string of the molecule is CCC(C)OC(=O)C[C@H](O)[C@H](CC(C)C)NC(=O)[C@@H](Cc1cnc[nH]1)NC(=O)[C@H](Cc1cccc2ccccc12)NC(C)=O. The minimum absolute atomic E-state index is 0.0825. The van der Waals surface area contributed by atoms with Crippen LogP contribution in [0.4, 0.5) is 0 Å². The lowest BCUT2D eigenvalue weighted by molar-refractivity contribution is -0.151. The van der Waals surface area contributed by atoms with Gasteiger partial charge in [0.05, 0.1) is 31.0 Å². The summed E-state index contributed by atoms with van der Waals surface area (Å²) in [6, 6.07) is 10.8. The van der Waals surface area contributed by atoms with Crippen LogP contribution in [0.1, 0.15) is 65.1 Å². The summed E-state index contributed by atoms with van der Waals surface area (Å²) in [6.07, 6.45) is 2.59. The van der Waals surface area contributed by atoms with Crippen molar-refractivity contribution in [1.82, 2.24) is 25.9 Å². The number of hydrogen-bond acceptors (Lipinski definition) is 7. The zero-order valence-corrected chi connectivity index (χ0v) is 26.1. The molecular formula is C33H45N5O6. The van der Waals surface area contributed by atoms with E-state index in [4.69, 9.17) is 4.74 Å². The van der Waals surface area contributed by atoms with Crippen LogP contribution < -0.4 is 16.0 Å². The third kappa shape index (κ3) is 10.5. The van der Waals surface area contributed by atoms with Crippen LogP contribution in [0.15, 0.2) is 55.0 Å². The molecule has 11 heteroatoms. The van der Waals surface area contributed by atoms with Crippen LogP contribution in [-0.4, -0.2) is 69.1 Å². The van der Waals surface area contributed by atoms with Gasteiger partial charge in [0.1, 0.15) is 12.1 Å². The molecule has 1 unspecified atom stereocenters. The van der Waals surface area contributed by atoms with Gasteiger partial charge in [-0.25, -0.2) is 4.98 Å². The highest BCUT2D eigenvalue weighted by atomic mass is 16.5. The van der Waals surface area contributed by atoms with Gasteiger partial charge in [-0.2, -0.15) is 0 Å². The van der Waals surface area contributed by atoms with Gasteiger partial charge in [-0.1, -0.05) is 63.2 Å². The van der Waals surface area contributed by atoms with Gasteiger partial charge in [-0.15, -0.1) is 0 Å². The van der Waals surface area contributed by atoms with Crippen LogP contribution in [0.5, 0.6) is 0 Å². The third-order valence-corrected chi connectivity index (χ3v) is 7.41. The lowest BCUT2D eigenvalue weighted by Gasteiger charge is -2.29. The number of aromatic amines is 1. The molecule has 0 aliphatic heterocycles. The fraction of sp³-hybridized carbons (Fsp3) is 0.485. The predicted octanol–water partition coefficient (Wildman–Crippen LogP) is 2.96. The van der Waals surface area contributed by atoms with Crippen LogP contribution >= 0.6 is 0 Å². The van der Waals surface area contributed by atoms with Crippen LogP contribution in [-0.2, 0) is 36.8 Å². The maximum absolute atomic E-state index is 13.7. The van der Waals surface area contributed by atoms with Crippen molar-refractivity contribution in [1.29, 1.82) is 0 Å². The minimum atomic E-state index is -1.19. The van der Waals surface area contributed by atoms with Crippen LogP contribution in [0.2, 0.25) is 0 Å². The first-order valence-electron chi connectivity index (χ1n) is 15.2. The van der Waals surface area contributed by atoms with Gasteiger partial charge < -0.3 is 30.8 Å². The maximum Gasteiger partial charge on any atom is 0.308 e. The van der Waals surface area contributed by atoms with E-state index in [-0.39, 0.29) is 37.2 Å². The molecule has 0 saturated heterocycles. The molecule has 0 fully saturated rings. The lowest BCUT2D eigenvalue weighted by atomic mass is 9.96. The number of fused-ring (bicyclic) bond motifs is 1. The molecule has 5 atom stereocenters. The highest BCUT2D eigenvalue weighted by Crippen LogP contribution is 2.20. The number of nitrogens with zero attached hydrogens (tertiary/aromatic N) is 1. The van der Waals surface area contributed by atoms with E-state index in [1.165, 1.54) is 13.3 Å². The number of imidazole rings is 1. The van der Waals surface area contributed by atoms with Gasteiger partial charge in [-0.05, 0) is 42.0 Å². The molecule has 0 saturated carbocycles. The average Bonchev–Trinajstić information content (AvgIpc) is 3.48. The lowest BCUT2D eigenvalue weighted by Crippen LogP contribution is -2.57. The Morgan fingerprint density at radius 3 is 2.27 bits per heavy atom. The van der Waals surface area contributed by atoms with Gasteiger partial charge in [0.25, 0.3) is 0 Å². The second-order valence-corrected chi connectivity index (χ2v) is 11.7. The Balaban J connectivity index is 1.82. The molecule has 44 heavy (non-hydrogen) atoms. The van der Waals surface area contributed by atoms with Crippen molar-refractivity contribution in [3.8, 4) is 0 Å². The smallest absolute Gasteiger partial charge is 0.308 e. The Morgan fingerprint density at radius 2 is 1.61 bits per heavy atom. The summed E-state index contributed by atoms with van der Waals surface area (Å²) in [5.74, 6) is -1.93. The summed E-state index contributed by atoms with van der Waals surface area (Å²) in [4.78, 5) is 58.9. The molecule has 3 aromatic rings. The van der Waals surface area contributed by atoms with E-state index in [1.807, 2.05) is 63.2 Å². The number of carbonyl (C=O) groups excluding carboxylic acids is 4. The summed E-state index contributed by atoms with van der Waals surface area (Å²) in [7, 11) is 0. The number of H-pyrrole nitrogens is 1. The van der Waals surface area contributed by atoms with Crippen molar-refractivity contribution in [2.45, 2.75) is 97.1 Å². The highest BCUT2D eigenvalue weighted by Gasteiger charge is 2.31. The number of hydrogen-bond donors (Lipinski definition) is 5. The summed E-state index contributed by atoms with van der Waals surface area (Å²) in [6.45, 7) is 8.89. The van der Waals surface area contributed by atoms with E-state index < -0.39 is 42.0 Å². The van der Waals surface area contributed by atoms with Crippen molar-refractivity contribution in [2.75, 3.05) is 0 Å². The normalized spacial score (nSPS) is 14.7. The van der Waals surface area contributed by atoms with Crippen molar-refractivity contribution in [3.05, 3.63) is 66.2 Å². The Kier molecular flexibility index (Phi) is 12.9. The number of rotatable bonds is 16. The molecule has 0 spiro atoms. The summed E-state index contributed by atoms with van der Waals surface area (Å²) in [5.41, 5.74) is 1.48. The van der Waals surface area contributed by atoms with E-state index in [1.54, 1.807) is 13.1 Å². The van der Waals surface area contributed by atoms with Crippen LogP contribution in [0, 0.1) is 5.92 Å². The number of aliphatic hydroxyl groups is 1. The first kappa shape index (κ1) is 34.2. The largest absolute Gasteiger partial charge is 0.463 e. The number of ether oxygens (including phenoxy) is 1. The number of esters is 1. The highest BCUT2D eigenvalue weighted by molar-refractivity contribution is 5.93. The molecule has 3 rings (SSSR count). The van der Waals surface area contributed by atoms with Gasteiger partial charge in [0.15, 0.2) is 0 Å². The Hall–Kier alpha value is -4.25. The molecule has 3 amide bonds. The summed E-state index contributed by atoms with van der Waals surface area (Å²) in [5, 5.41) is 21.3. The number of nitrogens with one attached hydrogen (secondary N) is 4. The molecule has 0 aliphatic rings. The van der Waals surface area contributed by atoms with E-state index in [0.717, 1.165) is 16.3 Å². The Labute approximate surface area is 258 Å². The van der Waals surface area contributed by atoms with Crippen molar-refractivity contribution >= 4 is 34.5 Å². The Morgan fingerprint density at radius 1 is 0.932 bits per heavy atom. The van der Waals surface area contributed by atoms with Gasteiger partial charge in [0.2, 0.25) is 17.7 Å². The van der Waals surface area contributed by atoms with Gasteiger partial charge >= 0.3 is 5.97 Å². The van der Waals surface area contributed by atoms with Crippen molar-refractivity contribution < 1.29 is 29.0 Å². The molecule has 0 bridgehead atoms. The molecule has 5 N–H and O–H groups in total. The topological polar surface area (TPSA) is 163 Å². The fourth-order valence-electron chi connectivity index (χ4n) is 5.02. The molecule has 1 heterocycles. The molecule has 0 radical (unpaired) electrons. The van der Waals surface area contributed by atoms with Crippen LogP contribution in [0.25, 0.3) is 10.8 Å². The fourth-order valence-corrected chi connectivity index (χ4v) is 5.02. The number of benzene rings is 2. The summed E-state index contributed by atoms with van der Waals surface area (Å²) >= 11 is 0. The number of aliphatic hydroxyl groups excluding tert-OH is 1. The Bertz CT molecular complexity index is 1390. The van der Waals surface area contributed by atoms with Gasteiger partial charge in [-0.3, -0.25) is 19.2 Å². The van der Waals surface area contributed by atoms with Crippen LogP contribution in [0.3, 0.4) is 0 Å². The zero-order chi connectivity index (χ0) is 32.2. The second kappa shape index (κ2) is 16.6. The van der Waals surface area contributed by atoms with E-state index in [2.05, 4.69) is 25.9 Å². The molecule has 1 aromatic heterocycles. The quantitative estimate of drug-likeness (QED) is 0.156. The first-order chi connectivity index (χ1) is 21.0. The zero-order valence-electron chi connectivity index (χ0n) is 26.1. The van der Waals surface area contributed by atoms with E-state index in [9.17, 15) is 24.3 Å². The van der Waals surface area contributed by atoms with Crippen molar-refractivity contribution in [3.63, 3.8) is 0 Å². The van der Waals surface area contributed by atoms with E-state index >= 15 is 0 Å². The molecule has 11 nitrogen and oxygen atoms in total. The number of aromatic nitrogens is 2. The third-order valence-electron chi connectivity index (χ3n) is 7.41. The van der Waals surface area contributed by atoms with Gasteiger partial charge in [0, 0.05) is 31.7 Å². The number of carbonyl (C=O) groups is 4. The predicted molar refractivity (Wildman–Crippen MR) is 167 cm³/mol. The van der Waals surface area contributed by atoms with E-state index in [0.29, 0.717) is 18.5 Å². The average molecular weight is 608 g/mol. The minimum Gasteiger partial charge on any atom is -0.463 e. The first-order valence-corrected chi connectivity index (χ1v) is 15.2. The monoisotopic (exact) mass is 607 g/mol. The second-order valence-electron chi connectivity index (χ2n) is 11.7.